The molecule has 0 aromatic carbocycles. The number of carbonyl (C=O) groups is 1. The van der Waals surface area contributed by atoms with Gasteiger partial charge in [0.25, 0.3) is 0 Å². The summed E-state index contributed by atoms with van der Waals surface area (Å²) < 4.78 is 7.55. The van der Waals surface area contributed by atoms with Gasteiger partial charge in [0.2, 0.25) is 5.91 Å². The fraction of sp³-hybridized carbons (Fsp3) is 0.529. The molecule has 0 fully saturated rings. The lowest BCUT2D eigenvalue weighted by Gasteiger charge is -2.25. The second kappa shape index (κ2) is 6.81. The van der Waals surface area contributed by atoms with E-state index >= 15 is 0 Å². The Morgan fingerprint density at radius 3 is 2.64 bits per heavy atom. The molecule has 0 saturated heterocycles. The average molecular weight is 303 g/mol. The molecule has 5 nitrogen and oxygen atoms in total. The lowest BCUT2D eigenvalue weighted by Crippen LogP contribution is -2.36. The van der Waals surface area contributed by atoms with E-state index in [4.69, 9.17) is 4.42 Å². The third-order valence-corrected chi connectivity index (χ3v) is 3.83. The number of hydrogen-bond donors (Lipinski definition) is 0. The van der Waals surface area contributed by atoms with Crippen LogP contribution in [0.2, 0.25) is 0 Å². The highest BCUT2D eigenvalue weighted by Crippen LogP contribution is 2.20. The minimum atomic E-state index is -0.268. The maximum absolute atomic E-state index is 12.8. The molecule has 120 valence electrons. The van der Waals surface area contributed by atoms with Crippen LogP contribution >= 0.6 is 0 Å². The van der Waals surface area contributed by atoms with Gasteiger partial charge in [-0.15, -0.1) is 0 Å². The molecule has 0 bridgehead atoms. The molecule has 1 atom stereocenters. The first-order chi connectivity index (χ1) is 10.4. The summed E-state index contributed by atoms with van der Waals surface area (Å²) in [6, 6.07) is 3.58. The van der Waals surface area contributed by atoms with Crippen LogP contribution in [-0.4, -0.2) is 26.9 Å². The fourth-order valence-electron chi connectivity index (χ4n) is 2.59. The zero-order chi connectivity index (χ0) is 16.3. The molecule has 0 saturated carbocycles. The molecule has 0 radical (unpaired) electrons. The van der Waals surface area contributed by atoms with Gasteiger partial charge < -0.3 is 13.9 Å². The van der Waals surface area contributed by atoms with Crippen LogP contribution in [0.1, 0.15) is 57.0 Å². The summed E-state index contributed by atoms with van der Waals surface area (Å²) in [5, 5.41) is 0. The van der Waals surface area contributed by atoms with Gasteiger partial charge in [0.15, 0.2) is 0 Å². The van der Waals surface area contributed by atoms with E-state index in [1.807, 2.05) is 48.6 Å². The highest BCUT2D eigenvalue weighted by Gasteiger charge is 2.24. The van der Waals surface area contributed by atoms with Crippen LogP contribution in [0.4, 0.5) is 0 Å². The van der Waals surface area contributed by atoms with Crippen LogP contribution < -0.4 is 0 Å². The predicted octanol–water partition coefficient (Wildman–Crippen LogP) is 3.52. The second-order valence-corrected chi connectivity index (χ2v) is 5.89. The maximum Gasteiger partial charge on any atom is 0.245 e. The second-order valence-electron chi connectivity index (χ2n) is 5.89. The van der Waals surface area contributed by atoms with E-state index < -0.39 is 0 Å². The zero-order valence-electron chi connectivity index (χ0n) is 14.0. The molecule has 1 amide bonds. The normalized spacial score (nSPS) is 12.6. The number of furan rings is 1. The standard InChI is InChI=1S/C17H25N3O2/c1-6-19(11-15-8-7-13(4)22-15)17(21)14(5)20-10-9-18-16(20)12(2)3/h7-10,12,14H,6,11H2,1-5H3/t14-/m1/s1. The van der Waals surface area contributed by atoms with Crippen LogP contribution in [-0.2, 0) is 11.3 Å². The topological polar surface area (TPSA) is 51.3 Å². The summed E-state index contributed by atoms with van der Waals surface area (Å²) in [5.74, 6) is 2.98. The quantitative estimate of drug-likeness (QED) is 0.820. The molecule has 2 aromatic rings. The number of rotatable bonds is 6. The van der Waals surface area contributed by atoms with Gasteiger partial charge in [0.1, 0.15) is 23.4 Å². The first-order valence-electron chi connectivity index (χ1n) is 7.80. The van der Waals surface area contributed by atoms with E-state index in [-0.39, 0.29) is 17.9 Å². The van der Waals surface area contributed by atoms with Crippen LogP contribution in [0.25, 0.3) is 0 Å². The largest absolute Gasteiger partial charge is 0.464 e. The fourth-order valence-corrected chi connectivity index (χ4v) is 2.59. The molecule has 0 N–H and O–H groups in total. The maximum atomic E-state index is 12.8. The van der Waals surface area contributed by atoms with E-state index in [0.29, 0.717) is 13.1 Å². The Balaban J connectivity index is 2.15. The van der Waals surface area contributed by atoms with Gasteiger partial charge in [-0.1, -0.05) is 13.8 Å². The molecule has 0 aliphatic rings. The average Bonchev–Trinajstić information content (AvgIpc) is 3.12. The lowest BCUT2D eigenvalue weighted by atomic mass is 10.2. The Labute approximate surface area is 131 Å². The summed E-state index contributed by atoms with van der Waals surface area (Å²) in [6.07, 6.45) is 3.63. The van der Waals surface area contributed by atoms with E-state index in [0.717, 1.165) is 17.3 Å². The number of aryl methyl sites for hydroxylation is 1. The number of imidazole rings is 1. The minimum Gasteiger partial charge on any atom is -0.464 e. The summed E-state index contributed by atoms with van der Waals surface area (Å²) in [4.78, 5) is 19.0. The molecular weight excluding hydrogens is 278 g/mol. The zero-order valence-corrected chi connectivity index (χ0v) is 14.0. The molecule has 0 aliphatic carbocycles. The van der Waals surface area contributed by atoms with Gasteiger partial charge in [-0.2, -0.15) is 0 Å². The van der Waals surface area contributed by atoms with Crippen LogP contribution in [0, 0.1) is 6.92 Å². The van der Waals surface area contributed by atoms with Crippen molar-refractivity contribution in [3.05, 3.63) is 41.9 Å². The Morgan fingerprint density at radius 1 is 1.36 bits per heavy atom. The molecular formula is C17H25N3O2. The number of aromatic nitrogens is 2. The number of nitrogens with zero attached hydrogens (tertiary/aromatic N) is 3. The number of carbonyl (C=O) groups excluding carboxylic acids is 1. The third-order valence-electron chi connectivity index (χ3n) is 3.83. The monoisotopic (exact) mass is 303 g/mol. The molecule has 5 heteroatoms. The first kappa shape index (κ1) is 16.3. The summed E-state index contributed by atoms with van der Waals surface area (Å²) >= 11 is 0. The highest BCUT2D eigenvalue weighted by atomic mass is 16.3. The Hall–Kier alpha value is -2.04. The first-order valence-corrected chi connectivity index (χ1v) is 7.80. The summed E-state index contributed by atoms with van der Waals surface area (Å²) in [6.45, 7) is 11.1. The van der Waals surface area contributed by atoms with Crippen molar-refractivity contribution in [3.63, 3.8) is 0 Å². The lowest BCUT2D eigenvalue weighted by molar-refractivity contribution is -0.135. The molecule has 2 heterocycles. The van der Waals surface area contributed by atoms with Crippen molar-refractivity contribution in [2.75, 3.05) is 6.54 Å². The number of hydrogen-bond acceptors (Lipinski definition) is 3. The molecule has 2 aromatic heterocycles. The van der Waals surface area contributed by atoms with Crippen molar-refractivity contribution < 1.29 is 9.21 Å². The Bertz CT molecular complexity index is 627. The summed E-state index contributed by atoms with van der Waals surface area (Å²) in [7, 11) is 0. The van der Waals surface area contributed by atoms with E-state index in [1.165, 1.54) is 0 Å². The van der Waals surface area contributed by atoms with Crippen LogP contribution in [0.5, 0.6) is 0 Å². The van der Waals surface area contributed by atoms with E-state index in [2.05, 4.69) is 18.8 Å². The molecule has 22 heavy (non-hydrogen) atoms. The van der Waals surface area contributed by atoms with Gasteiger partial charge in [-0.3, -0.25) is 4.79 Å². The van der Waals surface area contributed by atoms with Crippen LogP contribution in [0.15, 0.2) is 28.9 Å². The van der Waals surface area contributed by atoms with Crippen molar-refractivity contribution >= 4 is 5.91 Å². The summed E-state index contributed by atoms with van der Waals surface area (Å²) in [5.41, 5.74) is 0. The SMILES string of the molecule is CCN(Cc1ccc(C)o1)C(=O)[C@@H](C)n1ccnc1C(C)C. The van der Waals surface area contributed by atoms with Crippen molar-refractivity contribution in [3.8, 4) is 0 Å². The predicted molar refractivity (Wildman–Crippen MR) is 85.6 cm³/mol. The molecule has 2 rings (SSSR count). The van der Waals surface area contributed by atoms with Crippen molar-refractivity contribution in [1.29, 1.82) is 0 Å². The third kappa shape index (κ3) is 3.40. The molecule has 0 aliphatic heterocycles. The minimum absolute atomic E-state index is 0.0800. The van der Waals surface area contributed by atoms with Gasteiger partial charge in [-0.05, 0) is 32.9 Å². The van der Waals surface area contributed by atoms with Gasteiger partial charge in [0, 0.05) is 24.9 Å². The number of likely N-dealkylation sites (N-methyl/N-ethyl adjacent to an activating group) is 1. The van der Waals surface area contributed by atoms with E-state index in [1.54, 1.807) is 6.20 Å². The van der Waals surface area contributed by atoms with Crippen molar-refractivity contribution in [1.82, 2.24) is 14.5 Å². The van der Waals surface area contributed by atoms with Crippen molar-refractivity contribution in [2.24, 2.45) is 0 Å². The Morgan fingerprint density at radius 2 is 2.09 bits per heavy atom. The highest BCUT2D eigenvalue weighted by molar-refractivity contribution is 5.80. The van der Waals surface area contributed by atoms with Crippen molar-refractivity contribution in [2.45, 2.75) is 53.1 Å². The molecule has 0 unspecified atom stereocenters. The number of amides is 1. The van der Waals surface area contributed by atoms with Gasteiger partial charge in [-0.25, -0.2) is 4.98 Å². The van der Waals surface area contributed by atoms with Gasteiger partial charge >= 0.3 is 0 Å². The molecule has 0 spiro atoms. The Kier molecular flexibility index (Phi) is 5.06. The van der Waals surface area contributed by atoms with Crippen LogP contribution in [0.3, 0.4) is 0 Å². The smallest absolute Gasteiger partial charge is 0.245 e. The van der Waals surface area contributed by atoms with E-state index in [9.17, 15) is 4.79 Å². The van der Waals surface area contributed by atoms with Gasteiger partial charge in [0.05, 0.1) is 6.54 Å².